The Bertz CT molecular complexity index is 555. The number of methoxy groups -OCH3 is 1. The molecule has 0 aliphatic rings. The van der Waals surface area contributed by atoms with Crippen LogP contribution >= 0.6 is 38.5 Å². The molecular weight excluding hydrogens is 419 g/mol. The normalized spacial score (nSPS) is 12.2. The molecule has 2 nitrogen and oxygen atoms in total. The molecule has 0 aliphatic heterocycles. The van der Waals surface area contributed by atoms with Gasteiger partial charge in [-0.3, -0.25) is 0 Å². The molecule has 2 aromatic rings. The number of benzene rings is 2. The first-order valence-corrected chi connectivity index (χ1v) is 7.73. The molecule has 1 N–H and O–H groups in total. The third-order valence-corrected chi connectivity index (χ3v) is 4.12. The first-order valence-electron chi connectivity index (χ1n) is 5.86. The summed E-state index contributed by atoms with van der Waals surface area (Å²) in [6, 6.07) is 13.7. The first-order chi connectivity index (χ1) is 9.10. The Morgan fingerprint density at radius 2 is 1.89 bits per heavy atom. The van der Waals surface area contributed by atoms with Gasteiger partial charge in [0.1, 0.15) is 5.75 Å². The Labute approximate surface area is 135 Å². The van der Waals surface area contributed by atoms with Crippen molar-refractivity contribution in [3.05, 3.63) is 61.6 Å². The second kappa shape index (κ2) is 6.72. The van der Waals surface area contributed by atoms with Gasteiger partial charge in [-0.2, -0.15) is 0 Å². The zero-order valence-corrected chi connectivity index (χ0v) is 14.2. The van der Waals surface area contributed by atoms with Crippen LogP contribution in [0, 0.1) is 3.57 Å². The van der Waals surface area contributed by atoms with Crippen LogP contribution in [0.2, 0.25) is 0 Å². The van der Waals surface area contributed by atoms with E-state index in [1.54, 1.807) is 7.11 Å². The summed E-state index contributed by atoms with van der Waals surface area (Å²) in [5, 5.41) is 10.3. The molecule has 0 spiro atoms. The van der Waals surface area contributed by atoms with Crippen LogP contribution in [0.4, 0.5) is 0 Å². The van der Waals surface area contributed by atoms with E-state index in [2.05, 4.69) is 38.5 Å². The largest absolute Gasteiger partial charge is 0.496 e. The highest BCUT2D eigenvalue weighted by Gasteiger charge is 2.12. The number of rotatable bonds is 4. The molecule has 4 heteroatoms. The molecule has 0 saturated heterocycles. The lowest BCUT2D eigenvalue weighted by atomic mass is 10.0. The Hall–Kier alpha value is -0.590. The van der Waals surface area contributed by atoms with Crippen LogP contribution in [0.1, 0.15) is 17.2 Å². The van der Waals surface area contributed by atoms with Gasteiger partial charge in [0, 0.05) is 14.5 Å². The van der Waals surface area contributed by atoms with Gasteiger partial charge in [0.25, 0.3) is 0 Å². The number of hydrogen-bond donors (Lipinski definition) is 1. The molecule has 0 saturated carbocycles. The quantitative estimate of drug-likeness (QED) is 0.728. The summed E-state index contributed by atoms with van der Waals surface area (Å²) < 4.78 is 7.47. The molecule has 0 radical (unpaired) electrons. The Morgan fingerprint density at radius 1 is 1.21 bits per heavy atom. The average molecular weight is 433 g/mol. The lowest BCUT2D eigenvalue weighted by Crippen LogP contribution is -2.03. The van der Waals surface area contributed by atoms with Crippen molar-refractivity contribution in [3.8, 4) is 5.75 Å². The van der Waals surface area contributed by atoms with Crippen LogP contribution in [0.25, 0.3) is 0 Å². The van der Waals surface area contributed by atoms with Crippen molar-refractivity contribution < 1.29 is 9.84 Å². The highest BCUT2D eigenvalue weighted by molar-refractivity contribution is 14.1. The minimum atomic E-state index is -0.528. The van der Waals surface area contributed by atoms with E-state index in [0.29, 0.717) is 6.42 Å². The Kier molecular flexibility index (Phi) is 5.24. The molecule has 0 amide bonds. The van der Waals surface area contributed by atoms with Crippen molar-refractivity contribution in [2.75, 3.05) is 7.11 Å². The van der Waals surface area contributed by atoms with Gasteiger partial charge in [0.2, 0.25) is 0 Å². The number of aliphatic hydroxyl groups excluding tert-OH is 1. The smallest absolute Gasteiger partial charge is 0.122 e. The Balaban J connectivity index is 2.20. The van der Waals surface area contributed by atoms with Crippen molar-refractivity contribution in [2.24, 2.45) is 0 Å². The van der Waals surface area contributed by atoms with Gasteiger partial charge in [0.05, 0.1) is 13.2 Å². The van der Waals surface area contributed by atoms with E-state index in [1.807, 2.05) is 42.5 Å². The Morgan fingerprint density at radius 3 is 2.53 bits per heavy atom. The van der Waals surface area contributed by atoms with Gasteiger partial charge >= 0.3 is 0 Å². The van der Waals surface area contributed by atoms with Gasteiger partial charge in [0.15, 0.2) is 0 Å². The SMILES string of the molecule is COc1ccc(Br)cc1CC(O)c1ccc(I)cc1. The number of hydrogen-bond acceptors (Lipinski definition) is 2. The van der Waals surface area contributed by atoms with Crippen LogP contribution in [-0.2, 0) is 6.42 Å². The summed E-state index contributed by atoms with van der Waals surface area (Å²) >= 11 is 5.69. The molecular formula is C15H14BrIO2. The topological polar surface area (TPSA) is 29.5 Å². The molecule has 0 bridgehead atoms. The molecule has 0 heterocycles. The number of halogens is 2. The molecule has 2 rings (SSSR count). The summed E-state index contributed by atoms with van der Waals surface area (Å²) in [7, 11) is 1.64. The lowest BCUT2D eigenvalue weighted by molar-refractivity contribution is 0.177. The summed E-state index contributed by atoms with van der Waals surface area (Å²) in [4.78, 5) is 0. The zero-order chi connectivity index (χ0) is 13.8. The summed E-state index contributed by atoms with van der Waals surface area (Å²) in [5.74, 6) is 0.799. The van der Waals surface area contributed by atoms with Gasteiger partial charge in [-0.25, -0.2) is 0 Å². The molecule has 100 valence electrons. The fraction of sp³-hybridized carbons (Fsp3) is 0.200. The van der Waals surface area contributed by atoms with Gasteiger partial charge in [-0.05, 0) is 64.0 Å². The molecule has 1 atom stereocenters. The third-order valence-electron chi connectivity index (χ3n) is 2.91. The standard InChI is InChI=1S/C15H14BrIO2/c1-19-15-7-4-12(16)8-11(15)9-14(18)10-2-5-13(17)6-3-10/h2-8,14,18H,9H2,1H3. The number of aliphatic hydroxyl groups is 1. The van der Waals surface area contributed by atoms with E-state index in [-0.39, 0.29) is 0 Å². The van der Waals surface area contributed by atoms with Crippen molar-refractivity contribution in [3.63, 3.8) is 0 Å². The van der Waals surface area contributed by atoms with E-state index in [0.717, 1.165) is 24.9 Å². The van der Waals surface area contributed by atoms with E-state index in [4.69, 9.17) is 4.74 Å². The molecule has 19 heavy (non-hydrogen) atoms. The molecule has 1 unspecified atom stereocenters. The second-order valence-electron chi connectivity index (χ2n) is 4.23. The van der Waals surface area contributed by atoms with Crippen molar-refractivity contribution in [1.29, 1.82) is 0 Å². The third kappa shape index (κ3) is 3.94. The van der Waals surface area contributed by atoms with E-state index < -0.39 is 6.10 Å². The van der Waals surface area contributed by atoms with Gasteiger partial charge < -0.3 is 9.84 Å². The highest BCUT2D eigenvalue weighted by Crippen LogP contribution is 2.28. The predicted octanol–water partition coefficient (Wildman–Crippen LogP) is 4.34. The maximum absolute atomic E-state index is 10.3. The van der Waals surface area contributed by atoms with E-state index in [9.17, 15) is 5.11 Å². The highest BCUT2D eigenvalue weighted by atomic mass is 127. The van der Waals surface area contributed by atoms with Crippen LogP contribution in [-0.4, -0.2) is 12.2 Å². The van der Waals surface area contributed by atoms with Crippen molar-refractivity contribution in [1.82, 2.24) is 0 Å². The molecule has 0 fully saturated rings. The first kappa shape index (κ1) is 14.8. The van der Waals surface area contributed by atoms with Gasteiger partial charge in [-0.15, -0.1) is 0 Å². The molecule has 2 aromatic carbocycles. The maximum atomic E-state index is 10.3. The number of ether oxygens (including phenoxy) is 1. The molecule has 0 aliphatic carbocycles. The summed E-state index contributed by atoms with van der Waals surface area (Å²) in [5.41, 5.74) is 1.91. The average Bonchev–Trinajstić information content (AvgIpc) is 2.39. The minimum absolute atomic E-state index is 0.528. The minimum Gasteiger partial charge on any atom is -0.496 e. The van der Waals surface area contributed by atoms with Crippen LogP contribution < -0.4 is 4.74 Å². The van der Waals surface area contributed by atoms with E-state index in [1.165, 1.54) is 0 Å². The van der Waals surface area contributed by atoms with Crippen LogP contribution in [0.3, 0.4) is 0 Å². The van der Waals surface area contributed by atoms with Crippen molar-refractivity contribution in [2.45, 2.75) is 12.5 Å². The molecule has 0 aromatic heterocycles. The van der Waals surface area contributed by atoms with E-state index >= 15 is 0 Å². The van der Waals surface area contributed by atoms with Crippen molar-refractivity contribution >= 4 is 38.5 Å². The lowest BCUT2D eigenvalue weighted by Gasteiger charge is -2.14. The predicted molar refractivity (Wildman–Crippen MR) is 88.5 cm³/mol. The fourth-order valence-corrected chi connectivity index (χ4v) is 2.69. The second-order valence-corrected chi connectivity index (χ2v) is 6.39. The summed E-state index contributed by atoms with van der Waals surface area (Å²) in [6.45, 7) is 0. The maximum Gasteiger partial charge on any atom is 0.122 e. The van der Waals surface area contributed by atoms with Crippen LogP contribution in [0.5, 0.6) is 5.75 Å². The monoisotopic (exact) mass is 432 g/mol. The van der Waals surface area contributed by atoms with Gasteiger partial charge in [-0.1, -0.05) is 28.1 Å². The zero-order valence-electron chi connectivity index (χ0n) is 10.4. The fourth-order valence-electron chi connectivity index (χ4n) is 1.92. The summed E-state index contributed by atoms with van der Waals surface area (Å²) in [6.07, 6.45) is 0.00337. The van der Waals surface area contributed by atoms with Crippen LogP contribution in [0.15, 0.2) is 46.9 Å².